The van der Waals surface area contributed by atoms with Gasteiger partial charge in [-0.25, -0.2) is 10.4 Å². The van der Waals surface area contributed by atoms with E-state index >= 15 is 0 Å². The van der Waals surface area contributed by atoms with Crippen LogP contribution in [0.3, 0.4) is 0 Å². The summed E-state index contributed by atoms with van der Waals surface area (Å²) >= 11 is 3.70. The highest BCUT2D eigenvalue weighted by molar-refractivity contribution is 9.10. The number of amides is 1. The Morgan fingerprint density at radius 1 is 0.939 bits per heavy atom. The van der Waals surface area contributed by atoms with Gasteiger partial charge in [-0.3, -0.25) is 10.2 Å². The molecule has 0 bridgehead atoms. The number of hydrogen-bond acceptors (Lipinski definition) is 7. The maximum atomic E-state index is 14.7. The summed E-state index contributed by atoms with van der Waals surface area (Å²) in [5.41, 5.74) is 17.8. The Hall–Kier alpha value is -5.19. The van der Waals surface area contributed by atoms with Gasteiger partial charge in [-0.2, -0.15) is 0 Å². The van der Waals surface area contributed by atoms with Crippen molar-refractivity contribution in [1.82, 2.24) is 10.9 Å². The molecule has 0 radical (unpaired) electrons. The van der Waals surface area contributed by atoms with Crippen molar-refractivity contribution in [2.45, 2.75) is 37.6 Å². The summed E-state index contributed by atoms with van der Waals surface area (Å²) in [4.78, 5) is 22.8. The van der Waals surface area contributed by atoms with Gasteiger partial charge in [-0.1, -0.05) is 106 Å². The van der Waals surface area contributed by atoms with Crippen LogP contribution in [0.5, 0.6) is 5.75 Å². The highest BCUT2D eigenvalue weighted by Gasteiger charge is 2.54. The molecule has 248 valence electrons. The molecule has 0 unspecified atom stereocenters. The van der Waals surface area contributed by atoms with Crippen LogP contribution < -0.4 is 15.6 Å². The van der Waals surface area contributed by atoms with E-state index in [1.165, 1.54) is 0 Å². The molecule has 0 aliphatic carbocycles. The molecule has 5 aromatic rings. The van der Waals surface area contributed by atoms with E-state index in [0.29, 0.717) is 36.8 Å². The summed E-state index contributed by atoms with van der Waals surface area (Å²) in [5.74, 6) is 0.567. The van der Waals surface area contributed by atoms with Gasteiger partial charge in [0.25, 0.3) is 5.91 Å². The van der Waals surface area contributed by atoms with Gasteiger partial charge in [0.2, 0.25) is 5.90 Å². The number of nitrogens with one attached hydrogen (secondary N) is 2. The molecule has 10 nitrogen and oxygen atoms in total. The molecule has 1 aliphatic heterocycles. The van der Waals surface area contributed by atoms with Gasteiger partial charge in [-0.15, -0.1) is 0 Å². The lowest BCUT2D eigenvalue weighted by molar-refractivity contribution is -0.130. The van der Waals surface area contributed by atoms with E-state index in [4.69, 9.17) is 25.1 Å². The van der Waals surface area contributed by atoms with Crippen molar-refractivity contribution in [2.75, 3.05) is 13.2 Å². The van der Waals surface area contributed by atoms with Crippen LogP contribution in [0.15, 0.2) is 130 Å². The highest BCUT2D eigenvalue weighted by atomic mass is 79.9. The van der Waals surface area contributed by atoms with Crippen LogP contribution in [-0.2, 0) is 29.0 Å². The number of ether oxygens (including phenoxy) is 2. The largest absolute Gasteiger partial charge is 0.494 e. The van der Waals surface area contributed by atoms with E-state index in [0.717, 1.165) is 37.5 Å². The molecule has 0 spiro atoms. The van der Waals surface area contributed by atoms with Crippen LogP contribution in [0.4, 0.5) is 0 Å². The minimum absolute atomic E-state index is 0.0477. The number of carbonyl (C=O) groups excluding carboxylic acids is 1. The summed E-state index contributed by atoms with van der Waals surface area (Å²) < 4.78 is 13.2. The van der Waals surface area contributed by atoms with Gasteiger partial charge in [0, 0.05) is 46.5 Å². The number of benzene rings is 5. The molecule has 1 aliphatic rings. The molecule has 1 amide bonds. The second-order valence-electron chi connectivity index (χ2n) is 11.6. The van der Waals surface area contributed by atoms with Crippen molar-refractivity contribution in [3.8, 4) is 5.75 Å². The molecule has 11 heteroatoms. The number of aliphatic imine (C=N–C) groups is 1. The van der Waals surface area contributed by atoms with E-state index in [9.17, 15) is 4.79 Å². The van der Waals surface area contributed by atoms with E-state index < -0.39 is 11.6 Å². The fraction of sp³-hybridized carbons (Fsp3) is 0.211. The number of hydrazine groups is 1. The molecule has 2 atom stereocenters. The third kappa shape index (κ3) is 7.61. The topological polar surface area (TPSA) is 141 Å². The lowest BCUT2D eigenvalue weighted by Crippen LogP contribution is -2.53. The predicted octanol–water partition coefficient (Wildman–Crippen LogP) is 7.49. The van der Waals surface area contributed by atoms with E-state index in [1.54, 1.807) is 0 Å². The number of aliphatic hydroxyl groups is 1. The molecular weight excluding hydrogens is 684 g/mol. The SMILES string of the molecule is [N-]=[N+]=NCc1ccccc1C[C@]1(C(=O)NNCc2cccc3ccccc23)N=C(c2ccc(OCCCO)cc2)O[C@H]1c1ccccc1Br. The molecule has 0 saturated carbocycles. The second-order valence-corrected chi connectivity index (χ2v) is 12.4. The van der Waals surface area contributed by atoms with Gasteiger partial charge in [0.05, 0.1) is 13.2 Å². The Kier molecular flexibility index (Phi) is 10.9. The molecule has 5 aromatic carbocycles. The monoisotopic (exact) mass is 718 g/mol. The summed E-state index contributed by atoms with van der Waals surface area (Å²) in [6, 6.07) is 36.7. The fourth-order valence-electron chi connectivity index (χ4n) is 6.00. The minimum Gasteiger partial charge on any atom is -0.494 e. The first-order valence-corrected chi connectivity index (χ1v) is 16.7. The highest BCUT2D eigenvalue weighted by Crippen LogP contribution is 2.45. The summed E-state index contributed by atoms with van der Waals surface area (Å²) in [6.07, 6.45) is -0.145. The zero-order chi connectivity index (χ0) is 34.1. The van der Waals surface area contributed by atoms with Crippen molar-refractivity contribution in [3.63, 3.8) is 0 Å². The lowest BCUT2D eigenvalue weighted by Gasteiger charge is -2.32. The number of nitrogens with zero attached hydrogens (tertiary/aromatic N) is 4. The van der Waals surface area contributed by atoms with E-state index in [2.05, 4.69) is 55.0 Å². The number of carbonyl (C=O) groups is 1. The Labute approximate surface area is 292 Å². The van der Waals surface area contributed by atoms with Gasteiger partial charge >= 0.3 is 0 Å². The maximum absolute atomic E-state index is 14.7. The lowest BCUT2D eigenvalue weighted by atomic mass is 9.81. The zero-order valence-corrected chi connectivity index (χ0v) is 28.2. The average Bonchev–Trinajstić information content (AvgIpc) is 3.52. The number of fused-ring (bicyclic) bond motifs is 1. The first-order valence-electron chi connectivity index (χ1n) is 15.9. The van der Waals surface area contributed by atoms with Crippen molar-refractivity contribution >= 4 is 38.5 Å². The smallest absolute Gasteiger partial charge is 0.266 e. The molecule has 6 rings (SSSR count). The third-order valence-electron chi connectivity index (χ3n) is 8.46. The number of rotatable bonds is 14. The number of halogens is 1. The first-order chi connectivity index (χ1) is 24.0. The van der Waals surface area contributed by atoms with Crippen molar-refractivity contribution < 1.29 is 19.4 Å². The number of hydrogen-bond donors (Lipinski definition) is 3. The minimum atomic E-state index is -1.48. The zero-order valence-electron chi connectivity index (χ0n) is 26.6. The quantitative estimate of drug-likeness (QED) is 0.0359. The first kappa shape index (κ1) is 33.7. The van der Waals surface area contributed by atoms with Crippen molar-refractivity contribution in [3.05, 3.63) is 158 Å². The van der Waals surface area contributed by atoms with Crippen LogP contribution in [0, 0.1) is 0 Å². The van der Waals surface area contributed by atoms with Gasteiger partial charge in [0.15, 0.2) is 11.6 Å². The number of aliphatic hydroxyl groups excluding tert-OH is 1. The molecule has 0 fully saturated rings. The molecule has 3 N–H and O–H groups in total. The Balaban J connectivity index is 1.40. The molecule has 0 saturated heterocycles. The van der Waals surface area contributed by atoms with Crippen LogP contribution in [0.1, 0.15) is 40.3 Å². The normalized spacial score (nSPS) is 16.8. The van der Waals surface area contributed by atoms with Crippen molar-refractivity contribution in [2.24, 2.45) is 10.1 Å². The predicted molar refractivity (Wildman–Crippen MR) is 193 cm³/mol. The Morgan fingerprint density at radius 3 is 2.45 bits per heavy atom. The van der Waals surface area contributed by atoms with Crippen LogP contribution in [0.2, 0.25) is 0 Å². The molecular formula is C38H35BrN6O4. The Bertz CT molecular complexity index is 2010. The summed E-state index contributed by atoms with van der Waals surface area (Å²) in [7, 11) is 0. The van der Waals surface area contributed by atoms with Crippen LogP contribution in [-0.4, -0.2) is 35.7 Å². The fourth-order valence-corrected chi connectivity index (χ4v) is 6.50. The second kappa shape index (κ2) is 15.8. The van der Waals surface area contributed by atoms with E-state index in [-0.39, 0.29) is 25.5 Å². The summed E-state index contributed by atoms with van der Waals surface area (Å²) in [5, 5.41) is 15.1. The number of azide groups is 1. The summed E-state index contributed by atoms with van der Waals surface area (Å²) in [6.45, 7) is 0.942. The molecule has 0 aromatic heterocycles. The van der Waals surface area contributed by atoms with Crippen LogP contribution >= 0.6 is 15.9 Å². The Morgan fingerprint density at radius 2 is 1.65 bits per heavy atom. The maximum Gasteiger partial charge on any atom is 0.266 e. The average molecular weight is 720 g/mol. The van der Waals surface area contributed by atoms with Gasteiger partial charge in [-0.05, 0) is 63.3 Å². The van der Waals surface area contributed by atoms with Crippen molar-refractivity contribution in [1.29, 1.82) is 0 Å². The molecule has 1 heterocycles. The molecule has 49 heavy (non-hydrogen) atoms. The third-order valence-corrected chi connectivity index (χ3v) is 9.18. The standard InChI is InChI=1S/C38H35BrN6O4/c39-34-16-6-5-15-33(34)35-38(23-28-10-1-2-11-29(28)24-42-45-40,43-36(49-35)27-17-19-31(20-18-27)48-22-8-21-46)37(47)44-41-25-30-13-7-12-26-9-3-4-14-32(26)30/h1-7,9-20,35,41,46H,8,21-25H2,(H,44,47)/t35-,38-/m0/s1. The van der Waals surface area contributed by atoms with Crippen LogP contribution in [0.25, 0.3) is 21.2 Å². The van der Waals surface area contributed by atoms with Gasteiger partial charge in [0.1, 0.15) is 5.75 Å². The van der Waals surface area contributed by atoms with Gasteiger partial charge < -0.3 is 14.6 Å². The van der Waals surface area contributed by atoms with E-state index in [1.807, 2.05) is 97.1 Å².